The van der Waals surface area contributed by atoms with Gasteiger partial charge >= 0.3 is 0 Å². The molecular formula is C23H19Cl2N3O2. The van der Waals surface area contributed by atoms with Gasteiger partial charge in [0.2, 0.25) is 0 Å². The number of morpholine rings is 1. The molecule has 0 radical (unpaired) electrons. The molecule has 0 atom stereocenters. The molecule has 1 aromatic heterocycles. The molecule has 0 spiro atoms. The molecule has 0 saturated carbocycles. The molecule has 1 saturated heterocycles. The van der Waals surface area contributed by atoms with Gasteiger partial charge in [-0.15, -0.1) is 0 Å². The minimum atomic E-state index is -0.265. The molecule has 4 rings (SSSR count). The lowest BCUT2D eigenvalue weighted by molar-refractivity contribution is -0.130. The Kier molecular flexibility index (Phi) is 6.10. The molecule has 0 bridgehead atoms. The topological polar surface area (TPSA) is 58.3 Å². The zero-order valence-electron chi connectivity index (χ0n) is 16.1. The molecule has 152 valence electrons. The van der Waals surface area contributed by atoms with E-state index in [9.17, 15) is 10.1 Å². The number of nitriles is 1. The summed E-state index contributed by atoms with van der Waals surface area (Å²) in [5.41, 5.74) is 2.85. The summed E-state index contributed by atoms with van der Waals surface area (Å²) >= 11 is 12.4. The van der Waals surface area contributed by atoms with Crippen LogP contribution < -0.4 is 0 Å². The van der Waals surface area contributed by atoms with E-state index in [2.05, 4.69) is 10.6 Å². The summed E-state index contributed by atoms with van der Waals surface area (Å²) in [6.45, 7) is 2.52. The van der Waals surface area contributed by atoms with Crippen LogP contribution in [0.25, 0.3) is 17.0 Å². The Balaban J connectivity index is 1.71. The average Bonchev–Trinajstić information content (AvgIpc) is 3.11. The van der Waals surface area contributed by atoms with E-state index >= 15 is 0 Å². The fourth-order valence-corrected chi connectivity index (χ4v) is 4.06. The summed E-state index contributed by atoms with van der Waals surface area (Å²) in [7, 11) is 0. The van der Waals surface area contributed by atoms with Gasteiger partial charge in [0.1, 0.15) is 11.6 Å². The van der Waals surface area contributed by atoms with Crippen LogP contribution in [-0.2, 0) is 16.1 Å². The molecule has 7 heteroatoms. The molecule has 0 N–H and O–H groups in total. The number of carbonyl (C=O) groups is 1. The number of ether oxygens (including phenoxy) is 1. The third kappa shape index (κ3) is 4.22. The van der Waals surface area contributed by atoms with Gasteiger partial charge in [0.15, 0.2) is 0 Å². The second-order valence-electron chi connectivity index (χ2n) is 7.04. The van der Waals surface area contributed by atoms with Crippen molar-refractivity contribution in [3.8, 4) is 6.07 Å². The maximum absolute atomic E-state index is 12.8. The monoisotopic (exact) mass is 439 g/mol. The molecule has 1 fully saturated rings. The van der Waals surface area contributed by atoms with E-state index in [-0.39, 0.29) is 11.5 Å². The molecule has 0 aliphatic carbocycles. The number of aromatic nitrogens is 1. The fraction of sp³-hybridized carbons (Fsp3) is 0.217. The van der Waals surface area contributed by atoms with Crippen molar-refractivity contribution in [3.63, 3.8) is 0 Å². The minimum absolute atomic E-state index is 0.115. The highest BCUT2D eigenvalue weighted by molar-refractivity contribution is 6.35. The van der Waals surface area contributed by atoms with Gasteiger partial charge in [-0.25, -0.2) is 0 Å². The van der Waals surface area contributed by atoms with Crippen molar-refractivity contribution in [2.24, 2.45) is 0 Å². The van der Waals surface area contributed by atoms with E-state index in [1.54, 1.807) is 17.0 Å². The van der Waals surface area contributed by atoms with Gasteiger partial charge in [-0.3, -0.25) is 4.79 Å². The van der Waals surface area contributed by atoms with Crippen LogP contribution in [0.1, 0.15) is 11.1 Å². The van der Waals surface area contributed by atoms with E-state index in [1.165, 1.54) is 0 Å². The number of fused-ring (bicyclic) bond motifs is 1. The predicted molar refractivity (Wildman–Crippen MR) is 118 cm³/mol. The normalized spacial score (nSPS) is 14.7. The third-order valence-corrected chi connectivity index (χ3v) is 5.71. The number of halogens is 2. The van der Waals surface area contributed by atoms with Gasteiger partial charge in [0.25, 0.3) is 5.91 Å². The van der Waals surface area contributed by atoms with E-state index in [4.69, 9.17) is 27.9 Å². The largest absolute Gasteiger partial charge is 0.378 e. The molecule has 2 aromatic carbocycles. The van der Waals surface area contributed by atoms with Crippen LogP contribution >= 0.6 is 23.2 Å². The Hall–Kier alpha value is -2.78. The number of benzene rings is 2. The van der Waals surface area contributed by atoms with Gasteiger partial charge in [0.05, 0.1) is 13.2 Å². The first-order chi connectivity index (χ1) is 14.6. The summed E-state index contributed by atoms with van der Waals surface area (Å²) in [5.74, 6) is -0.265. The first-order valence-electron chi connectivity index (χ1n) is 9.57. The molecule has 1 amide bonds. The highest BCUT2D eigenvalue weighted by atomic mass is 35.5. The number of para-hydroxylation sites is 1. The zero-order valence-corrected chi connectivity index (χ0v) is 17.7. The van der Waals surface area contributed by atoms with Gasteiger partial charge in [-0.2, -0.15) is 5.26 Å². The SMILES string of the molecule is N#CC(=Cc1cn(Cc2ccc(Cl)cc2Cl)c2ccccc12)C(=O)N1CCOCC1. The van der Waals surface area contributed by atoms with Crippen molar-refractivity contribution >= 4 is 46.1 Å². The minimum Gasteiger partial charge on any atom is -0.378 e. The maximum Gasteiger partial charge on any atom is 0.264 e. The van der Waals surface area contributed by atoms with Gasteiger partial charge < -0.3 is 14.2 Å². The van der Waals surface area contributed by atoms with Crippen molar-refractivity contribution in [1.82, 2.24) is 9.47 Å². The van der Waals surface area contributed by atoms with Gasteiger partial charge in [0, 0.05) is 52.3 Å². The molecule has 30 heavy (non-hydrogen) atoms. The predicted octanol–water partition coefficient (Wildman–Crippen LogP) is 4.76. The van der Waals surface area contributed by atoms with Crippen molar-refractivity contribution in [1.29, 1.82) is 5.26 Å². The van der Waals surface area contributed by atoms with E-state index < -0.39 is 0 Å². The first-order valence-corrected chi connectivity index (χ1v) is 10.3. The lowest BCUT2D eigenvalue weighted by atomic mass is 10.1. The van der Waals surface area contributed by atoms with Gasteiger partial charge in [-0.05, 0) is 29.8 Å². The number of hydrogen-bond acceptors (Lipinski definition) is 3. The highest BCUT2D eigenvalue weighted by Gasteiger charge is 2.21. The van der Waals surface area contributed by atoms with E-state index in [1.807, 2.05) is 42.6 Å². The second kappa shape index (κ2) is 8.93. The highest BCUT2D eigenvalue weighted by Crippen LogP contribution is 2.27. The van der Waals surface area contributed by atoms with Crippen LogP contribution in [0, 0.1) is 11.3 Å². The van der Waals surface area contributed by atoms with Crippen molar-refractivity contribution < 1.29 is 9.53 Å². The average molecular weight is 440 g/mol. The van der Waals surface area contributed by atoms with Crippen molar-refractivity contribution in [2.45, 2.75) is 6.54 Å². The molecule has 2 heterocycles. The summed E-state index contributed by atoms with van der Waals surface area (Å²) in [6, 6.07) is 15.4. The van der Waals surface area contributed by atoms with Gasteiger partial charge in [-0.1, -0.05) is 47.5 Å². The molecule has 5 nitrogen and oxygen atoms in total. The number of amides is 1. The summed E-state index contributed by atoms with van der Waals surface area (Å²) in [6.07, 6.45) is 3.61. The Morgan fingerprint density at radius 3 is 2.67 bits per heavy atom. The molecule has 1 aliphatic rings. The molecule has 0 unspecified atom stereocenters. The Morgan fingerprint density at radius 1 is 1.17 bits per heavy atom. The van der Waals surface area contributed by atoms with Crippen LogP contribution in [0.4, 0.5) is 0 Å². The number of hydrogen-bond donors (Lipinski definition) is 0. The number of nitrogens with zero attached hydrogens (tertiary/aromatic N) is 3. The fourth-order valence-electron chi connectivity index (χ4n) is 3.59. The van der Waals surface area contributed by atoms with Crippen molar-refractivity contribution in [3.05, 3.63) is 75.4 Å². The standard InChI is InChI=1S/C23H19Cl2N3O2/c24-19-6-5-16(21(25)12-19)14-28-15-18(20-3-1-2-4-22(20)28)11-17(13-26)23(29)27-7-9-30-10-8-27/h1-6,11-12,15H,7-10,14H2. The Labute approximate surface area is 184 Å². The number of rotatable bonds is 4. The molecule has 1 aliphatic heterocycles. The zero-order chi connectivity index (χ0) is 21.1. The smallest absolute Gasteiger partial charge is 0.264 e. The lowest BCUT2D eigenvalue weighted by Gasteiger charge is -2.26. The third-order valence-electron chi connectivity index (χ3n) is 5.12. The molecular weight excluding hydrogens is 421 g/mol. The number of carbonyl (C=O) groups excluding carboxylic acids is 1. The first kappa shape index (κ1) is 20.5. The lowest BCUT2D eigenvalue weighted by Crippen LogP contribution is -2.41. The quantitative estimate of drug-likeness (QED) is 0.434. The van der Waals surface area contributed by atoms with Crippen molar-refractivity contribution in [2.75, 3.05) is 26.3 Å². The summed E-state index contributed by atoms with van der Waals surface area (Å²) < 4.78 is 7.36. The summed E-state index contributed by atoms with van der Waals surface area (Å²) in [5, 5.41) is 11.8. The second-order valence-corrected chi connectivity index (χ2v) is 7.88. The van der Waals surface area contributed by atoms with Crippen LogP contribution in [0.15, 0.2) is 54.2 Å². The maximum atomic E-state index is 12.8. The van der Waals surface area contributed by atoms with Crippen LogP contribution in [-0.4, -0.2) is 41.7 Å². The van der Waals surface area contributed by atoms with E-state index in [0.29, 0.717) is 42.9 Å². The Morgan fingerprint density at radius 2 is 1.93 bits per heavy atom. The van der Waals surface area contributed by atoms with E-state index in [0.717, 1.165) is 22.0 Å². The molecule has 3 aromatic rings. The Bertz CT molecular complexity index is 1170. The summed E-state index contributed by atoms with van der Waals surface area (Å²) in [4.78, 5) is 14.4. The van der Waals surface area contributed by atoms with Crippen LogP contribution in [0.2, 0.25) is 10.0 Å². The van der Waals surface area contributed by atoms with Crippen LogP contribution in [0.5, 0.6) is 0 Å². The van der Waals surface area contributed by atoms with Crippen LogP contribution in [0.3, 0.4) is 0 Å².